The highest BCUT2D eigenvalue weighted by Gasteiger charge is 2.16. The van der Waals surface area contributed by atoms with Gasteiger partial charge in [-0.3, -0.25) is 4.79 Å². The Labute approximate surface area is 132 Å². The van der Waals surface area contributed by atoms with Crippen LogP contribution in [0.15, 0.2) is 42.5 Å². The van der Waals surface area contributed by atoms with Crippen molar-refractivity contribution in [1.82, 2.24) is 0 Å². The first kappa shape index (κ1) is 16.5. The molecule has 0 saturated heterocycles. The molecule has 122 valence electrons. The quantitative estimate of drug-likeness (QED) is 0.830. The van der Waals surface area contributed by atoms with Gasteiger partial charge in [-0.05, 0) is 30.3 Å². The number of rotatable bonds is 5. The first-order valence-corrected chi connectivity index (χ1v) is 6.80. The van der Waals surface area contributed by atoms with E-state index in [4.69, 9.17) is 5.73 Å². The molecule has 0 unspecified atom stereocenters. The molecule has 2 rings (SSSR count). The maximum atomic E-state index is 12.5. The summed E-state index contributed by atoms with van der Waals surface area (Å²) in [5, 5.41) is 2.58. The van der Waals surface area contributed by atoms with E-state index in [0.29, 0.717) is 16.9 Å². The van der Waals surface area contributed by atoms with Gasteiger partial charge in [0, 0.05) is 25.5 Å². The molecule has 2 aromatic carbocycles. The molecule has 0 aliphatic rings. The first-order chi connectivity index (χ1) is 10.9. The molecule has 0 aliphatic carbocycles. The Bertz CT molecular complexity index is 705. The average Bonchev–Trinajstić information content (AvgIpc) is 2.48. The Kier molecular flexibility index (Phi) is 5.00. The molecular formula is C16H17F2N3O2. The summed E-state index contributed by atoms with van der Waals surface area (Å²) in [5.74, 6) is -0.572. The van der Waals surface area contributed by atoms with Crippen molar-refractivity contribution in [3.05, 3.63) is 48.0 Å². The molecule has 0 bridgehead atoms. The summed E-state index contributed by atoms with van der Waals surface area (Å²) in [4.78, 5) is 14.3. The van der Waals surface area contributed by atoms with Crippen LogP contribution in [-0.4, -0.2) is 26.6 Å². The molecule has 2 aromatic rings. The summed E-state index contributed by atoms with van der Waals surface area (Å²) in [7, 11) is 3.58. The number of anilines is 3. The molecule has 0 fully saturated rings. The maximum absolute atomic E-state index is 12.5. The van der Waals surface area contributed by atoms with Crippen molar-refractivity contribution >= 4 is 23.0 Å². The van der Waals surface area contributed by atoms with E-state index in [1.54, 1.807) is 43.3 Å². The Balaban J connectivity index is 2.32. The van der Waals surface area contributed by atoms with Gasteiger partial charge in [0.05, 0.1) is 11.3 Å². The van der Waals surface area contributed by atoms with Crippen molar-refractivity contribution in [2.45, 2.75) is 6.61 Å². The number of carbonyl (C=O) groups excluding carboxylic acids is 1. The van der Waals surface area contributed by atoms with Gasteiger partial charge in [-0.2, -0.15) is 8.78 Å². The Morgan fingerprint density at radius 3 is 2.57 bits per heavy atom. The Morgan fingerprint density at radius 1 is 1.22 bits per heavy atom. The lowest BCUT2D eigenvalue weighted by atomic mass is 10.1. The molecule has 0 saturated carbocycles. The van der Waals surface area contributed by atoms with E-state index in [1.807, 2.05) is 0 Å². The third kappa shape index (κ3) is 4.09. The van der Waals surface area contributed by atoms with E-state index in [-0.39, 0.29) is 11.4 Å². The van der Waals surface area contributed by atoms with Gasteiger partial charge in [0.25, 0.3) is 5.91 Å². The van der Waals surface area contributed by atoms with Crippen LogP contribution < -0.4 is 20.7 Å². The van der Waals surface area contributed by atoms with Crippen LogP contribution in [-0.2, 0) is 0 Å². The normalized spacial score (nSPS) is 10.5. The van der Waals surface area contributed by atoms with Crippen LogP contribution >= 0.6 is 0 Å². The van der Waals surface area contributed by atoms with Gasteiger partial charge < -0.3 is 20.7 Å². The monoisotopic (exact) mass is 321 g/mol. The predicted octanol–water partition coefficient (Wildman–Crippen LogP) is 3.19. The van der Waals surface area contributed by atoms with Crippen molar-refractivity contribution in [3.63, 3.8) is 0 Å². The third-order valence-corrected chi connectivity index (χ3v) is 3.10. The fourth-order valence-electron chi connectivity index (χ4n) is 2.08. The number of halogens is 2. The van der Waals surface area contributed by atoms with E-state index in [2.05, 4.69) is 10.1 Å². The summed E-state index contributed by atoms with van der Waals surface area (Å²) in [6.07, 6.45) is 0. The molecule has 0 heterocycles. The number of hydrogen-bond donors (Lipinski definition) is 2. The fraction of sp³-hybridized carbons (Fsp3) is 0.188. The topological polar surface area (TPSA) is 67.6 Å². The molecule has 23 heavy (non-hydrogen) atoms. The zero-order chi connectivity index (χ0) is 17.0. The number of para-hydroxylation sites is 2. The smallest absolute Gasteiger partial charge is 0.387 e. The van der Waals surface area contributed by atoms with Crippen molar-refractivity contribution in [3.8, 4) is 5.75 Å². The minimum absolute atomic E-state index is 0.105. The molecular weight excluding hydrogens is 304 g/mol. The Hall–Kier alpha value is -2.83. The van der Waals surface area contributed by atoms with E-state index in [9.17, 15) is 13.6 Å². The second-order valence-electron chi connectivity index (χ2n) is 5.00. The molecule has 1 amide bonds. The number of ether oxygens (including phenoxy) is 1. The molecule has 0 spiro atoms. The predicted molar refractivity (Wildman–Crippen MR) is 86.2 cm³/mol. The van der Waals surface area contributed by atoms with Crippen LogP contribution in [0, 0.1) is 0 Å². The molecule has 7 heteroatoms. The minimum Gasteiger partial charge on any atom is -0.433 e. The highest BCUT2D eigenvalue weighted by atomic mass is 19.3. The van der Waals surface area contributed by atoms with Gasteiger partial charge in [0.15, 0.2) is 0 Å². The highest BCUT2D eigenvalue weighted by Crippen LogP contribution is 2.28. The first-order valence-electron chi connectivity index (χ1n) is 6.80. The highest BCUT2D eigenvalue weighted by molar-refractivity contribution is 6.09. The zero-order valence-corrected chi connectivity index (χ0v) is 12.7. The largest absolute Gasteiger partial charge is 0.433 e. The van der Waals surface area contributed by atoms with Gasteiger partial charge in [-0.25, -0.2) is 0 Å². The van der Waals surface area contributed by atoms with Gasteiger partial charge in [0.1, 0.15) is 5.75 Å². The van der Waals surface area contributed by atoms with Gasteiger partial charge in [-0.15, -0.1) is 0 Å². The van der Waals surface area contributed by atoms with Crippen LogP contribution in [0.25, 0.3) is 0 Å². The maximum Gasteiger partial charge on any atom is 0.387 e. The number of alkyl halides is 2. The summed E-state index contributed by atoms with van der Waals surface area (Å²) in [6.45, 7) is -2.97. The number of hydrogen-bond acceptors (Lipinski definition) is 4. The van der Waals surface area contributed by atoms with Gasteiger partial charge in [0.2, 0.25) is 0 Å². The molecule has 0 atom stereocenters. The van der Waals surface area contributed by atoms with Crippen molar-refractivity contribution in [2.24, 2.45) is 0 Å². The number of nitrogens with one attached hydrogen (secondary N) is 1. The average molecular weight is 321 g/mol. The third-order valence-electron chi connectivity index (χ3n) is 3.10. The lowest BCUT2D eigenvalue weighted by Gasteiger charge is -2.18. The van der Waals surface area contributed by atoms with E-state index in [1.165, 1.54) is 18.2 Å². The molecule has 0 aliphatic heterocycles. The minimum atomic E-state index is -2.97. The molecule has 3 N–H and O–H groups in total. The van der Waals surface area contributed by atoms with Gasteiger partial charge in [-0.1, -0.05) is 12.1 Å². The fourth-order valence-corrected chi connectivity index (χ4v) is 2.08. The van der Waals surface area contributed by atoms with Crippen LogP contribution in [0.3, 0.4) is 0 Å². The summed E-state index contributed by atoms with van der Waals surface area (Å²) in [6, 6.07) is 10.9. The standard InChI is InChI=1S/C16H17F2N3O2/c1-21(2)13-8-7-10(19)9-11(13)15(22)20-12-5-3-4-6-14(12)23-16(17)18/h3-9,16H,19H2,1-2H3,(H,20,22). The number of amides is 1. The van der Waals surface area contributed by atoms with Gasteiger partial charge >= 0.3 is 6.61 Å². The summed E-state index contributed by atoms with van der Waals surface area (Å²) < 4.78 is 29.3. The zero-order valence-electron chi connectivity index (χ0n) is 12.7. The van der Waals surface area contributed by atoms with Crippen LogP contribution in [0.1, 0.15) is 10.4 Å². The lowest BCUT2D eigenvalue weighted by molar-refractivity contribution is -0.0493. The number of nitrogens with zero attached hydrogens (tertiary/aromatic N) is 1. The summed E-state index contributed by atoms with van der Waals surface area (Å²) >= 11 is 0. The van der Waals surface area contributed by atoms with Crippen LogP contribution in [0.2, 0.25) is 0 Å². The number of nitrogen functional groups attached to an aromatic ring is 1. The van der Waals surface area contributed by atoms with E-state index < -0.39 is 12.5 Å². The molecule has 0 aromatic heterocycles. The van der Waals surface area contributed by atoms with Crippen LogP contribution in [0.5, 0.6) is 5.75 Å². The summed E-state index contributed by atoms with van der Waals surface area (Å²) in [5.41, 5.74) is 7.31. The number of carbonyl (C=O) groups is 1. The second kappa shape index (κ2) is 6.95. The van der Waals surface area contributed by atoms with E-state index >= 15 is 0 Å². The molecule has 5 nitrogen and oxygen atoms in total. The number of benzene rings is 2. The van der Waals surface area contributed by atoms with Crippen molar-refractivity contribution < 1.29 is 18.3 Å². The van der Waals surface area contributed by atoms with Crippen LogP contribution in [0.4, 0.5) is 25.8 Å². The Morgan fingerprint density at radius 2 is 1.91 bits per heavy atom. The second-order valence-corrected chi connectivity index (χ2v) is 5.00. The molecule has 0 radical (unpaired) electrons. The van der Waals surface area contributed by atoms with Crippen molar-refractivity contribution in [1.29, 1.82) is 0 Å². The SMILES string of the molecule is CN(C)c1ccc(N)cc1C(=O)Nc1ccccc1OC(F)F. The number of nitrogens with two attached hydrogens (primary N) is 1. The van der Waals surface area contributed by atoms with Crippen molar-refractivity contribution in [2.75, 3.05) is 30.0 Å². The lowest BCUT2D eigenvalue weighted by Crippen LogP contribution is -2.19. The van der Waals surface area contributed by atoms with E-state index in [0.717, 1.165) is 0 Å².